The molecule has 0 heterocycles. The van der Waals surface area contributed by atoms with E-state index in [0.717, 1.165) is 6.07 Å². The molecule has 0 spiro atoms. The van der Waals surface area contributed by atoms with Gasteiger partial charge in [-0.3, -0.25) is 10.1 Å². The molecule has 0 radical (unpaired) electrons. The molecule has 0 amide bonds. The number of aliphatic hydroxyl groups excluding tert-OH is 1. The molecule has 0 unspecified atom stereocenters. The van der Waals surface area contributed by atoms with E-state index in [-0.39, 0.29) is 36.0 Å². The topological polar surface area (TPSA) is 113 Å². The van der Waals surface area contributed by atoms with Crippen molar-refractivity contribution in [1.29, 1.82) is 0 Å². The third-order valence-electron chi connectivity index (χ3n) is 3.90. The summed E-state index contributed by atoms with van der Waals surface area (Å²) >= 11 is 0. The second-order valence-corrected chi connectivity index (χ2v) is 7.45. The summed E-state index contributed by atoms with van der Waals surface area (Å²) in [4.78, 5) is 10.7. The van der Waals surface area contributed by atoms with E-state index in [1.807, 2.05) is 0 Å². The third-order valence-corrected chi connectivity index (χ3v) is 5.94. The lowest BCUT2D eigenvalue weighted by Gasteiger charge is -2.18. The minimum Gasteiger partial charge on any atom is -0.392 e. The van der Waals surface area contributed by atoms with Crippen molar-refractivity contribution in [2.75, 3.05) is 18.4 Å². The monoisotopic (exact) mass is 379 g/mol. The lowest BCUT2D eigenvalue weighted by atomic mass is 10.2. The van der Waals surface area contributed by atoms with Gasteiger partial charge < -0.3 is 10.4 Å². The fourth-order valence-corrected chi connectivity index (χ4v) is 4.02. The van der Waals surface area contributed by atoms with Crippen molar-refractivity contribution in [2.45, 2.75) is 25.3 Å². The fraction of sp³-hybridized carbons (Fsp3) is 0.294. The summed E-state index contributed by atoms with van der Waals surface area (Å²) in [6, 6.07) is 10.6. The Bertz CT molecular complexity index is 895. The number of nitro groups is 1. The number of hydrogen-bond acceptors (Lipinski definition) is 6. The maximum absolute atomic E-state index is 12.6. The number of rotatable bonds is 8. The van der Waals surface area contributed by atoms with E-state index in [4.69, 9.17) is 0 Å². The summed E-state index contributed by atoms with van der Waals surface area (Å²) in [6.45, 7) is 3.82. The minimum atomic E-state index is -3.79. The molecule has 0 aliphatic heterocycles. The van der Waals surface area contributed by atoms with E-state index in [9.17, 15) is 23.6 Å². The Balaban J connectivity index is 2.45. The molecule has 0 bridgehead atoms. The first-order valence-electron chi connectivity index (χ1n) is 8.08. The van der Waals surface area contributed by atoms with Crippen LogP contribution in [0.25, 0.3) is 0 Å². The molecule has 0 aliphatic rings. The van der Waals surface area contributed by atoms with Gasteiger partial charge >= 0.3 is 0 Å². The number of nitro benzene ring substituents is 1. The van der Waals surface area contributed by atoms with Crippen LogP contribution in [0.1, 0.15) is 19.4 Å². The molecule has 0 aromatic heterocycles. The smallest absolute Gasteiger partial charge is 0.294 e. The quantitative estimate of drug-likeness (QED) is 0.539. The molecule has 0 aliphatic carbocycles. The van der Waals surface area contributed by atoms with Gasteiger partial charge in [0, 0.05) is 24.8 Å². The number of nitrogens with one attached hydrogen (secondary N) is 1. The van der Waals surface area contributed by atoms with Crippen LogP contribution in [-0.4, -0.2) is 35.8 Å². The normalized spacial score (nSPS) is 11.5. The molecule has 0 saturated carbocycles. The Hall–Kier alpha value is -2.49. The molecule has 26 heavy (non-hydrogen) atoms. The van der Waals surface area contributed by atoms with Crippen LogP contribution in [0.15, 0.2) is 47.4 Å². The zero-order chi connectivity index (χ0) is 19.3. The molecule has 8 nitrogen and oxygen atoms in total. The van der Waals surface area contributed by atoms with Crippen LogP contribution in [0.4, 0.5) is 17.1 Å². The van der Waals surface area contributed by atoms with Crippen molar-refractivity contribution in [1.82, 2.24) is 4.31 Å². The second-order valence-electron chi connectivity index (χ2n) is 5.51. The van der Waals surface area contributed by atoms with Crippen molar-refractivity contribution < 1.29 is 18.4 Å². The number of anilines is 2. The van der Waals surface area contributed by atoms with Crippen LogP contribution in [0.2, 0.25) is 0 Å². The maximum Gasteiger partial charge on any atom is 0.294 e. The highest BCUT2D eigenvalue weighted by atomic mass is 32.2. The van der Waals surface area contributed by atoms with Gasteiger partial charge in [0.1, 0.15) is 5.69 Å². The Morgan fingerprint density at radius 1 is 1.15 bits per heavy atom. The van der Waals surface area contributed by atoms with Gasteiger partial charge in [-0.05, 0) is 29.8 Å². The first-order chi connectivity index (χ1) is 12.3. The highest BCUT2D eigenvalue weighted by molar-refractivity contribution is 7.89. The summed E-state index contributed by atoms with van der Waals surface area (Å²) in [5, 5.41) is 23.5. The second kappa shape index (κ2) is 8.26. The van der Waals surface area contributed by atoms with Gasteiger partial charge in [0.25, 0.3) is 5.69 Å². The molecule has 140 valence electrons. The van der Waals surface area contributed by atoms with Crippen molar-refractivity contribution in [2.24, 2.45) is 0 Å². The average Bonchev–Trinajstić information content (AvgIpc) is 2.62. The molecule has 2 aromatic carbocycles. The van der Waals surface area contributed by atoms with Crippen molar-refractivity contribution in [3.05, 3.63) is 58.1 Å². The number of benzene rings is 2. The van der Waals surface area contributed by atoms with Crippen molar-refractivity contribution >= 4 is 27.1 Å². The summed E-state index contributed by atoms with van der Waals surface area (Å²) in [5.74, 6) is 0. The summed E-state index contributed by atoms with van der Waals surface area (Å²) in [7, 11) is -3.79. The van der Waals surface area contributed by atoms with E-state index in [1.165, 1.54) is 16.4 Å². The largest absolute Gasteiger partial charge is 0.392 e. The Labute approximate surface area is 152 Å². The fourth-order valence-electron chi connectivity index (χ4n) is 2.54. The Morgan fingerprint density at radius 3 is 2.42 bits per heavy atom. The van der Waals surface area contributed by atoms with E-state index in [0.29, 0.717) is 11.3 Å². The highest BCUT2D eigenvalue weighted by Crippen LogP contribution is 2.31. The molecule has 0 atom stereocenters. The zero-order valence-electron chi connectivity index (χ0n) is 14.5. The maximum atomic E-state index is 12.6. The molecule has 0 saturated heterocycles. The van der Waals surface area contributed by atoms with Crippen LogP contribution in [0.5, 0.6) is 0 Å². The van der Waals surface area contributed by atoms with E-state index in [1.54, 1.807) is 38.1 Å². The van der Waals surface area contributed by atoms with Gasteiger partial charge in [0.05, 0.1) is 16.4 Å². The number of sulfonamides is 1. The van der Waals surface area contributed by atoms with Crippen LogP contribution in [0, 0.1) is 10.1 Å². The zero-order valence-corrected chi connectivity index (χ0v) is 15.4. The number of aliphatic hydroxyl groups is 1. The van der Waals surface area contributed by atoms with E-state index >= 15 is 0 Å². The molecular weight excluding hydrogens is 358 g/mol. The lowest BCUT2D eigenvalue weighted by molar-refractivity contribution is -0.384. The molecule has 2 N–H and O–H groups in total. The van der Waals surface area contributed by atoms with Crippen molar-refractivity contribution in [3.63, 3.8) is 0 Å². The molecule has 0 fully saturated rings. The van der Waals surface area contributed by atoms with Crippen LogP contribution >= 0.6 is 0 Å². The van der Waals surface area contributed by atoms with Gasteiger partial charge in [0.15, 0.2) is 0 Å². The molecule has 9 heteroatoms. The molecule has 2 rings (SSSR count). The summed E-state index contributed by atoms with van der Waals surface area (Å²) in [6.07, 6.45) is 0. The van der Waals surface area contributed by atoms with E-state index in [2.05, 4.69) is 5.32 Å². The van der Waals surface area contributed by atoms with Crippen LogP contribution < -0.4 is 5.32 Å². The van der Waals surface area contributed by atoms with Crippen molar-refractivity contribution in [3.8, 4) is 0 Å². The van der Waals surface area contributed by atoms with Crippen LogP contribution in [0.3, 0.4) is 0 Å². The predicted molar refractivity (Wildman–Crippen MR) is 98.9 cm³/mol. The van der Waals surface area contributed by atoms with Crippen LogP contribution in [-0.2, 0) is 16.6 Å². The number of nitrogens with zero attached hydrogens (tertiary/aromatic N) is 2. The summed E-state index contributed by atoms with van der Waals surface area (Å²) in [5.41, 5.74) is 1.04. The average molecular weight is 379 g/mol. The Morgan fingerprint density at radius 2 is 1.85 bits per heavy atom. The molecule has 2 aromatic rings. The van der Waals surface area contributed by atoms with Gasteiger partial charge in [-0.15, -0.1) is 0 Å². The lowest BCUT2D eigenvalue weighted by Crippen LogP contribution is -2.30. The first-order valence-corrected chi connectivity index (χ1v) is 9.52. The highest BCUT2D eigenvalue weighted by Gasteiger charge is 2.25. The van der Waals surface area contributed by atoms with Gasteiger partial charge in [-0.25, -0.2) is 8.42 Å². The third kappa shape index (κ3) is 4.18. The standard InChI is InChI=1S/C17H21N3O5S/c1-3-19(4-2)26(24,25)15-8-9-16(17(11-15)20(22)23)18-14-7-5-6-13(10-14)12-21/h5-11,18,21H,3-4,12H2,1-2H3. The minimum absolute atomic E-state index is 0.123. The Kier molecular flexibility index (Phi) is 6.30. The SMILES string of the molecule is CCN(CC)S(=O)(=O)c1ccc(Nc2cccc(CO)c2)c([N+](=O)[O-])c1. The first kappa shape index (κ1) is 19.8. The summed E-state index contributed by atoms with van der Waals surface area (Å²) < 4.78 is 26.4. The van der Waals surface area contributed by atoms with E-state index < -0.39 is 14.9 Å². The van der Waals surface area contributed by atoms with Gasteiger partial charge in [-0.2, -0.15) is 4.31 Å². The van der Waals surface area contributed by atoms with Gasteiger partial charge in [0.2, 0.25) is 10.0 Å². The molecular formula is C17H21N3O5S. The predicted octanol–water partition coefficient (Wildman–Crippen LogP) is 2.86. The number of hydrogen-bond donors (Lipinski definition) is 2. The van der Waals surface area contributed by atoms with Gasteiger partial charge in [-0.1, -0.05) is 26.0 Å².